The molecule has 1 heterocycles. The molecule has 0 spiro atoms. The van der Waals surface area contributed by atoms with E-state index >= 15 is 0 Å². The summed E-state index contributed by atoms with van der Waals surface area (Å²) in [5, 5.41) is 6.00. The second-order valence-corrected chi connectivity index (χ2v) is 6.59. The molecule has 5 nitrogen and oxygen atoms in total. The molecule has 26 heavy (non-hydrogen) atoms. The number of benzene rings is 2. The minimum atomic E-state index is -0.253. The molecule has 2 N–H and O–H groups in total. The number of amides is 2. The molecule has 0 aromatic heterocycles. The van der Waals surface area contributed by atoms with Crippen LogP contribution in [-0.4, -0.2) is 18.7 Å². The van der Waals surface area contributed by atoms with Crippen LogP contribution in [0.4, 0.5) is 10.5 Å². The summed E-state index contributed by atoms with van der Waals surface area (Å²) in [5.41, 5.74) is 1.40. The van der Waals surface area contributed by atoms with Crippen LogP contribution in [0.1, 0.15) is 44.7 Å². The van der Waals surface area contributed by atoms with Gasteiger partial charge in [0.25, 0.3) is 0 Å². The normalized spacial score (nSPS) is 17.6. The third kappa shape index (κ3) is 3.62. The molecule has 1 aliphatic rings. The fourth-order valence-electron chi connectivity index (χ4n) is 3.49. The van der Waals surface area contributed by atoms with Crippen LogP contribution in [0.15, 0.2) is 48.5 Å². The molecule has 1 aliphatic heterocycles. The van der Waals surface area contributed by atoms with Crippen molar-refractivity contribution < 1.29 is 14.3 Å². The van der Waals surface area contributed by atoms with Crippen molar-refractivity contribution in [3.63, 3.8) is 0 Å². The van der Waals surface area contributed by atoms with Gasteiger partial charge in [-0.1, -0.05) is 44.2 Å². The van der Waals surface area contributed by atoms with E-state index < -0.39 is 0 Å². The van der Waals surface area contributed by atoms with Crippen molar-refractivity contribution >= 4 is 11.7 Å². The van der Waals surface area contributed by atoms with Gasteiger partial charge in [0.1, 0.15) is 17.1 Å². The quantitative estimate of drug-likeness (QED) is 0.803. The Hall–Kier alpha value is -2.69. The molecular weight excluding hydrogens is 328 g/mol. The Morgan fingerprint density at radius 2 is 1.85 bits per heavy atom. The summed E-state index contributed by atoms with van der Waals surface area (Å²) in [6.45, 7) is 4.26. The molecule has 1 atom stereocenters. The molecule has 0 radical (unpaired) electrons. The predicted octanol–water partition coefficient (Wildman–Crippen LogP) is 4.90. The van der Waals surface area contributed by atoms with Gasteiger partial charge in [0.15, 0.2) is 0 Å². The lowest BCUT2D eigenvalue weighted by molar-refractivity contribution is 0.0247. The van der Waals surface area contributed by atoms with E-state index in [1.165, 1.54) is 0 Å². The van der Waals surface area contributed by atoms with E-state index in [9.17, 15) is 4.79 Å². The summed E-state index contributed by atoms with van der Waals surface area (Å²) in [6, 6.07) is 14.9. The summed E-state index contributed by atoms with van der Waals surface area (Å²) >= 11 is 0. The van der Waals surface area contributed by atoms with Gasteiger partial charge in [0.2, 0.25) is 0 Å². The summed E-state index contributed by atoms with van der Waals surface area (Å²) in [5.74, 6) is 1.48. The predicted molar refractivity (Wildman–Crippen MR) is 103 cm³/mol. The van der Waals surface area contributed by atoms with Crippen LogP contribution in [0.2, 0.25) is 0 Å². The van der Waals surface area contributed by atoms with Crippen LogP contribution in [0, 0.1) is 0 Å². The van der Waals surface area contributed by atoms with E-state index in [2.05, 4.69) is 24.5 Å². The number of nitrogens with one attached hydrogen (secondary N) is 2. The molecule has 2 amide bonds. The third-order valence-electron chi connectivity index (χ3n) is 5.15. The highest BCUT2D eigenvalue weighted by Gasteiger charge is 2.38. The van der Waals surface area contributed by atoms with Crippen molar-refractivity contribution in [2.75, 3.05) is 12.4 Å². The lowest BCUT2D eigenvalue weighted by atomic mass is 9.83. The van der Waals surface area contributed by atoms with Crippen molar-refractivity contribution in [1.29, 1.82) is 0 Å². The lowest BCUT2D eigenvalue weighted by Gasteiger charge is -2.41. The zero-order valence-electron chi connectivity index (χ0n) is 15.5. The Balaban J connectivity index is 1.80. The smallest absolute Gasteiger partial charge is 0.319 e. The molecule has 0 saturated heterocycles. The summed E-state index contributed by atoms with van der Waals surface area (Å²) < 4.78 is 11.6. The van der Waals surface area contributed by atoms with Crippen molar-refractivity contribution in [2.24, 2.45) is 0 Å². The first kappa shape index (κ1) is 18.1. The van der Waals surface area contributed by atoms with Gasteiger partial charge in [0.05, 0.1) is 18.8 Å². The zero-order valence-corrected chi connectivity index (χ0v) is 15.5. The van der Waals surface area contributed by atoms with Crippen molar-refractivity contribution in [1.82, 2.24) is 5.32 Å². The standard InChI is InChI=1S/C21H26N2O3/c1-4-21(5-2)14-17(15-10-6-8-12-18(15)26-21)23-20(24)22-16-11-7-9-13-19(16)25-3/h6-13,17H,4-5,14H2,1-3H3,(H2,22,23,24)/t17-/m1/s1. The van der Waals surface area contributed by atoms with Gasteiger partial charge in [-0.05, 0) is 31.0 Å². The third-order valence-corrected chi connectivity index (χ3v) is 5.15. The molecule has 2 aromatic rings. The average molecular weight is 354 g/mol. The first-order chi connectivity index (χ1) is 12.6. The first-order valence-electron chi connectivity index (χ1n) is 9.09. The minimum Gasteiger partial charge on any atom is -0.495 e. The maximum atomic E-state index is 12.6. The number of fused-ring (bicyclic) bond motifs is 1. The fourth-order valence-corrected chi connectivity index (χ4v) is 3.49. The Bertz CT molecular complexity index is 771. The minimum absolute atomic E-state index is 0.102. The Morgan fingerprint density at radius 3 is 2.58 bits per heavy atom. The molecule has 0 unspecified atom stereocenters. The molecule has 0 fully saturated rings. The summed E-state index contributed by atoms with van der Waals surface area (Å²) in [4.78, 5) is 12.6. The second-order valence-electron chi connectivity index (χ2n) is 6.59. The lowest BCUT2D eigenvalue weighted by Crippen LogP contribution is -2.45. The average Bonchev–Trinajstić information content (AvgIpc) is 2.68. The number of hydrogen-bond donors (Lipinski definition) is 2. The molecule has 0 bridgehead atoms. The van der Waals surface area contributed by atoms with Crippen LogP contribution in [0.5, 0.6) is 11.5 Å². The second kappa shape index (κ2) is 7.68. The van der Waals surface area contributed by atoms with Gasteiger partial charge < -0.3 is 20.1 Å². The fraction of sp³-hybridized carbons (Fsp3) is 0.381. The topological polar surface area (TPSA) is 59.6 Å². The first-order valence-corrected chi connectivity index (χ1v) is 9.09. The van der Waals surface area contributed by atoms with Crippen molar-refractivity contribution in [3.05, 3.63) is 54.1 Å². The van der Waals surface area contributed by atoms with Gasteiger partial charge in [-0.15, -0.1) is 0 Å². The number of para-hydroxylation sites is 3. The Kier molecular flexibility index (Phi) is 5.35. The van der Waals surface area contributed by atoms with Crippen molar-refractivity contribution in [3.8, 4) is 11.5 Å². The highest BCUT2D eigenvalue weighted by Crippen LogP contribution is 2.42. The monoisotopic (exact) mass is 354 g/mol. The van der Waals surface area contributed by atoms with Gasteiger partial charge in [0, 0.05) is 12.0 Å². The molecule has 2 aromatic carbocycles. The Morgan fingerprint density at radius 1 is 1.15 bits per heavy atom. The van der Waals surface area contributed by atoms with Crippen LogP contribution < -0.4 is 20.1 Å². The van der Waals surface area contributed by atoms with Gasteiger partial charge in [-0.3, -0.25) is 0 Å². The van der Waals surface area contributed by atoms with E-state index in [-0.39, 0.29) is 17.7 Å². The highest BCUT2D eigenvalue weighted by molar-refractivity contribution is 5.91. The number of urea groups is 1. The molecule has 5 heteroatoms. The number of ether oxygens (including phenoxy) is 2. The number of hydrogen-bond acceptors (Lipinski definition) is 3. The maximum Gasteiger partial charge on any atom is 0.319 e. The number of rotatable bonds is 5. The molecule has 0 aliphatic carbocycles. The summed E-state index contributed by atoms with van der Waals surface area (Å²) in [6.07, 6.45) is 2.53. The van der Waals surface area contributed by atoms with Crippen LogP contribution in [0.25, 0.3) is 0 Å². The highest BCUT2D eigenvalue weighted by atomic mass is 16.5. The van der Waals surface area contributed by atoms with E-state index in [1.807, 2.05) is 48.5 Å². The number of methoxy groups -OCH3 is 1. The zero-order chi connectivity index (χ0) is 18.6. The number of carbonyl (C=O) groups excluding carboxylic acids is 1. The van der Waals surface area contributed by atoms with Crippen LogP contribution in [-0.2, 0) is 0 Å². The largest absolute Gasteiger partial charge is 0.495 e. The molecule has 3 rings (SSSR count). The van der Waals surface area contributed by atoms with Crippen molar-refractivity contribution in [2.45, 2.75) is 44.8 Å². The van der Waals surface area contributed by atoms with E-state index in [1.54, 1.807) is 7.11 Å². The van der Waals surface area contributed by atoms with E-state index in [0.29, 0.717) is 11.4 Å². The van der Waals surface area contributed by atoms with Crippen LogP contribution >= 0.6 is 0 Å². The van der Waals surface area contributed by atoms with Gasteiger partial charge >= 0.3 is 6.03 Å². The molecule has 0 saturated carbocycles. The Labute approximate surface area is 154 Å². The molecule has 138 valence electrons. The maximum absolute atomic E-state index is 12.6. The van der Waals surface area contributed by atoms with Gasteiger partial charge in [-0.2, -0.15) is 0 Å². The van der Waals surface area contributed by atoms with E-state index in [4.69, 9.17) is 9.47 Å². The summed E-state index contributed by atoms with van der Waals surface area (Å²) in [7, 11) is 1.59. The number of anilines is 1. The van der Waals surface area contributed by atoms with E-state index in [0.717, 1.165) is 30.6 Å². The molecular formula is C21H26N2O3. The van der Waals surface area contributed by atoms with Gasteiger partial charge in [-0.25, -0.2) is 4.79 Å². The number of carbonyl (C=O) groups is 1. The SMILES string of the molecule is CCC1(CC)C[C@@H](NC(=O)Nc2ccccc2OC)c2ccccc2O1. The van der Waals surface area contributed by atoms with Crippen LogP contribution in [0.3, 0.4) is 0 Å².